The van der Waals surface area contributed by atoms with Crippen LogP contribution >= 0.6 is 0 Å². The molecule has 3 aromatic carbocycles. The van der Waals surface area contributed by atoms with Gasteiger partial charge in [-0.3, -0.25) is 0 Å². The number of aryl methyl sites for hydroxylation is 1. The van der Waals surface area contributed by atoms with Crippen LogP contribution in [0.5, 0.6) is 0 Å². The Kier molecular flexibility index (Phi) is 6.23. The van der Waals surface area contributed by atoms with Crippen LogP contribution in [0.15, 0.2) is 66.7 Å². The fourth-order valence-corrected chi connectivity index (χ4v) is 4.00. The SMILES string of the molecule is CN(C)c1ccc(-c2ccc(CNC(=O)Nc3cccc4c3CC(O)CC4)cc2)cc1. The van der Waals surface area contributed by atoms with Gasteiger partial charge in [-0.1, -0.05) is 48.5 Å². The molecule has 5 nitrogen and oxygen atoms in total. The third-order valence-electron chi connectivity index (χ3n) is 5.83. The van der Waals surface area contributed by atoms with E-state index in [0.29, 0.717) is 13.0 Å². The minimum Gasteiger partial charge on any atom is -0.393 e. The lowest BCUT2D eigenvalue weighted by Gasteiger charge is -2.23. The molecule has 0 saturated carbocycles. The van der Waals surface area contributed by atoms with Crippen LogP contribution in [0.3, 0.4) is 0 Å². The van der Waals surface area contributed by atoms with Gasteiger partial charge in [-0.15, -0.1) is 0 Å². The molecule has 0 aromatic heterocycles. The van der Waals surface area contributed by atoms with Crippen molar-refractivity contribution in [1.82, 2.24) is 5.32 Å². The highest BCUT2D eigenvalue weighted by atomic mass is 16.3. The van der Waals surface area contributed by atoms with E-state index in [0.717, 1.165) is 35.2 Å². The Balaban J connectivity index is 1.35. The smallest absolute Gasteiger partial charge is 0.319 e. The number of hydrogen-bond acceptors (Lipinski definition) is 3. The summed E-state index contributed by atoms with van der Waals surface area (Å²) in [7, 11) is 4.06. The summed E-state index contributed by atoms with van der Waals surface area (Å²) in [6.07, 6.45) is 1.87. The van der Waals surface area contributed by atoms with E-state index in [1.165, 1.54) is 16.8 Å². The number of amides is 2. The zero-order valence-corrected chi connectivity index (χ0v) is 18.1. The van der Waals surface area contributed by atoms with Crippen LogP contribution in [0.25, 0.3) is 11.1 Å². The molecule has 160 valence electrons. The Hall–Kier alpha value is -3.31. The average Bonchev–Trinajstić information content (AvgIpc) is 2.78. The van der Waals surface area contributed by atoms with Crippen molar-refractivity contribution >= 4 is 17.4 Å². The number of hydrogen-bond donors (Lipinski definition) is 3. The number of anilines is 2. The number of rotatable bonds is 5. The topological polar surface area (TPSA) is 64.6 Å². The molecular weight excluding hydrogens is 386 g/mol. The molecule has 1 aliphatic carbocycles. The highest BCUT2D eigenvalue weighted by molar-refractivity contribution is 5.90. The summed E-state index contributed by atoms with van der Waals surface area (Å²) < 4.78 is 0. The van der Waals surface area contributed by atoms with E-state index in [2.05, 4.69) is 58.0 Å². The van der Waals surface area contributed by atoms with Crippen molar-refractivity contribution in [3.05, 3.63) is 83.4 Å². The van der Waals surface area contributed by atoms with E-state index < -0.39 is 0 Å². The van der Waals surface area contributed by atoms with Gasteiger partial charge in [0.15, 0.2) is 0 Å². The second-order valence-electron chi connectivity index (χ2n) is 8.29. The van der Waals surface area contributed by atoms with Gasteiger partial charge in [0, 0.05) is 38.4 Å². The van der Waals surface area contributed by atoms with Crippen molar-refractivity contribution in [3.63, 3.8) is 0 Å². The van der Waals surface area contributed by atoms with E-state index in [9.17, 15) is 9.90 Å². The third-order valence-corrected chi connectivity index (χ3v) is 5.83. The molecule has 31 heavy (non-hydrogen) atoms. The number of aliphatic hydroxyl groups is 1. The molecule has 3 N–H and O–H groups in total. The molecule has 5 heteroatoms. The lowest BCUT2D eigenvalue weighted by Crippen LogP contribution is -2.29. The lowest BCUT2D eigenvalue weighted by atomic mass is 9.88. The highest BCUT2D eigenvalue weighted by Crippen LogP contribution is 2.28. The quantitative estimate of drug-likeness (QED) is 0.571. The van der Waals surface area contributed by atoms with E-state index in [-0.39, 0.29) is 12.1 Å². The highest BCUT2D eigenvalue weighted by Gasteiger charge is 2.19. The molecule has 0 radical (unpaired) electrons. The van der Waals surface area contributed by atoms with Crippen LogP contribution in [0.1, 0.15) is 23.1 Å². The van der Waals surface area contributed by atoms with Crippen LogP contribution in [-0.2, 0) is 19.4 Å². The number of urea groups is 1. The van der Waals surface area contributed by atoms with Crippen molar-refractivity contribution < 1.29 is 9.90 Å². The first-order valence-electron chi connectivity index (χ1n) is 10.7. The summed E-state index contributed by atoms with van der Waals surface area (Å²) >= 11 is 0. The first-order valence-corrected chi connectivity index (χ1v) is 10.7. The summed E-state index contributed by atoms with van der Waals surface area (Å²) in [4.78, 5) is 14.5. The summed E-state index contributed by atoms with van der Waals surface area (Å²) in [5, 5.41) is 15.9. The fraction of sp³-hybridized carbons (Fsp3) is 0.269. The molecule has 0 fully saturated rings. The van der Waals surface area contributed by atoms with E-state index in [4.69, 9.17) is 0 Å². The first kappa shape index (κ1) is 20.9. The van der Waals surface area contributed by atoms with Gasteiger partial charge in [-0.05, 0) is 58.9 Å². The molecule has 1 atom stereocenters. The summed E-state index contributed by atoms with van der Waals surface area (Å²) in [6, 6.07) is 22.4. The third kappa shape index (κ3) is 5.06. The zero-order chi connectivity index (χ0) is 21.8. The maximum Gasteiger partial charge on any atom is 0.319 e. The predicted octanol–water partition coefficient (Wildman–Crippen LogP) is 4.59. The van der Waals surface area contributed by atoms with Gasteiger partial charge in [0.25, 0.3) is 0 Å². The predicted molar refractivity (Wildman–Crippen MR) is 127 cm³/mol. The van der Waals surface area contributed by atoms with Crippen molar-refractivity contribution in [2.75, 3.05) is 24.3 Å². The normalized spacial score (nSPS) is 15.1. The monoisotopic (exact) mass is 415 g/mol. The first-order chi connectivity index (χ1) is 15.0. The van der Waals surface area contributed by atoms with Gasteiger partial charge in [0.1, 0.15) is 0 Å². The summed E-state index contributed by atoms with van der Waals surface area (Å²) in [5.41, 5.74) is 7.55. The number of nitrogens with one attached hydrogen (secondary N) is 2. The van der Waals surface area contributed by atoms with Gasteiger partial charge in [0.05, 0.1) is 6.10 Å². The van der Waals surface area contributed by atoms with E-state index >= 15 is 0 Å². The molecular formula is C26H29N3O2. The maximum atomic E-state index is 12.4. The Labute approximate surface area is 183 Å². The Morgan fingerprint density at radius 1 is 1.00 bits per heavy atom. The number of fused-ring (bicyclic) bond motifs is 1. The van der Waals surface area contributed by atoms with E-state index in [1.807, 2.05) is 38.4 Å². The molecule has 2 amide bonds. The molecule has 0 spiro atoms. The molecule has 1 aliphatic rings. The molecule has 0 bridgehead atoms. The van der Waals surface area contributed by atoms with Crippen LogP contribution in [0, 0.1) is 0 Å². The Morgan fingerprint density at radius 2 is 1.68 bits per heavy atom. The minimum absolute atomic E-state index is 0.239. The van der Waals surface area contributed by atoms with E-state index in [1.54, 1.807) is 0 Å². The molecule has 3 aromatic rings. The van der Waals surface area contributed by atoms with Crippen molar-refractivity contribution in [2.45, 2.75) is 31.9 Å². The second-order valence-corrected chi connectivity index (χ2v) is 8.29. The van der Waals surface area contributed by atoms with Crippen LogP contribution < -0.4 is 15.5 Å². The number of carbonyl (C=O) groups is 1. The minimum atomic E-state index is -0.337. The van der Waals surface area contributed by atoms with Crippen molar-refractivity contribution in [1.29, 1.82) is 0 Å². The van der Waals surface area contributed by atoms with Crippen molar-refractivity contribution in [2.24, 2.45) is 0 Å². The fourth-order valence-electron chi connectivity index (χ4n) is 4.00. The van der Waals surface area contributed by atoms with Crippen LogP contribution in [0.4, 0.5) is 16.2 Å². The number of aliphatic hydroxyl groups excluding tert-OH is 1. The van der Waals surface area contributed by atoms with Gasteiger partial charge in [-0.2, -0.15) is 0 Å². The number of benzene rings is 3. The van der Waals surface area contributed by atoms with Gasteiger partial charge < -0.3 is 20.6 Å². The van der Waals surface area contributed by atoms with Crippen LogP contribution in [-0.4, -0.2) is 31.3 Å². The maximum absolute atomic E-state index is 12.4. The van der Waals surface area contributed by atoms with Gasteiger partial charge in [0.2, 0.25) is 0 Å². The molecule has 0 saturated heterocycles. The molecule has 0 heterocycles. The largest absolute Gasteiger partial charge is 0.393 e. The zero-order valence-electron chi connectivity index (χ0n) is 18.1. The molecule has 0 aliphatic heterocycles. The summed E-state index contributed by atoms with van der Waals surface area (Å²) in [5.74, 6) is 0. The number of carbonyl (C=O) groups excluding carboxylic acids is 1. The van der Waals surface area contributed by atoms with Crippen molar-refractivity contribution in [3.8, 4) is 11.1 Å². The van der Waals surface area contributed by atoms with Gasteiger partial charge in [-0.25, -0.2) is 4.79 Å². The average molecular weight is 416 g/mol. The lowest BCUT2D eigenvalue weighted by molar-refractivity contribution is 0.159. The number of nitrogens with zero attached hydrogens (tertiary/aromatic N) is 1. The van der Waals surface area contributed by atoms with Crippen LogP contribution in [0.2, 0.25) is 0 Å². The second kappa shape index (κ2) is 9.23. The molecule has 4 rings (SSSR count). The molecule has 1 unspecified atom stereocenters. The standard InChI is InChI=1S/C26H29N3O2/c1-29(2)22-13-10-20(11-14-22)19-8-6-18(7-9-19)17-27-26(31)28-25-5-3-4-21-12-15-23(30)16-24(21)25/h3-11,13-14,23,30H,12,15-17H2,1-2H3,(H2,27,28,31). The Bertz CT molecular complexity index is 1040. The Morgan fingerprint density at radius 3 is 2.35 bits per heavy atom. The summed E-state index contributed by atoms with van der Waals surface area (Å²) in [6.45, 7) is 0.448. The van der Waals surface area contributed by atoms with Gasteiger partial charge >= 0.3 is 6.03 Å².